The van der Waals surface area contributed by atoms with Crippen molar-refractivity contribution in [1.29, 1.82) is 0 Å². The van der Waals surface area contributed by atoms with E-state index >= 15 is 0 Å². The van der Waals surface area contributed by atoms with Crippen molar-refractivity contribution in [2.75, 3.05) is 44.9 Å². The molecule has 0 bridgehead atoms. The quantitative estimate of drug-likeness (QED) is 0.0280. The highest BCUT2D eigenvalue weighted by Gasteiger charge is 2.35. The van der Waals surface area contributed by atoms with Crippen LogP contribution in [0.4, 0.5) is 0 Å². The average Bonchev–Trinajstić information content (AvgIpc) is 3.85. The first-order valence-corrected chi connectivity index (χ1v) is 25.5. The smallest absolute Gasteiger partial charge is 0.326 e. The molecule has 414 valence electrons. The third-order valence-corrected chi connectivity index (χ3v) is 11.6. The van der Waals surface area contributed by atoms with Crippen LogP contribution in [0.1, 0.15) is 85.8 Å². The van der Waals surface area contributed by atoms with E-state index in [-0.39, 0.29) is 43.9 Å². The van der Waals surface area contributed by atoms with Gasteiger partial charge in [0.05, 0.1) is 32.7 Å². The minimum atomic E-state index is -1.64. The number of imidazole rings is 1. The number of carboxylic acids is 1. The predicted molar refractivity (Wildman–Crippen MR) is 267 cm³/mol. The molecule has 0 spiro atoms. The fourth-order valence-electron chi connectivity index (χ4n) is 6.91. The number of nitrogens with zero attached hydrogens (tertiary/aromatic N) is 1. The monoisotopic (exact) mass is 1060 g/mol. The SMILES string of the molecule is CSCC[C@H](NC(=O)[C@H](CO)NC(=O)[C@@H](N)CO)C(=O)N[C@@H](CO)C(=O)NCC(=O)N[C@@H](CC(C)C)C(=O)N[C@@H](Cc1cnc[nH]1)C(=O)N[C@@H](CC(C)C)C(=O)N[C@H](C(=O)N[C@@H](CCCCN)C(=O)O)C(C)C. The zero-order valence-corrected chi connectivity index (χ0v) is 43.5. The number of rotatable bonds is 36. The summed E-state index contributed by atoms with van der Waals surface area (Å²) in [5.41, 5.74) is 11.4. The molecule has 28 heteroatoms. The number of amides is 9. The van der Waals surface area contributed by atoms with E-state index in [1.54, 1.807) is 47.8 Å². The number of aromatic amines is 1. The molecule has 0 aliphatic heterocycles. The molecule has 27 nitrogen and oxygen atoms in total. The highest BCUT2D eigenvalue weighted by Crippen LogP contribution is 2.12. The fourth-order valence-corrected chi connectivity index (χ4v) is 7.38. The lowest BCUT2D eigenvalue weighted by molar-refractivity contribution is -0.143. The van der Waals surface area contributed by atoms with Crippen molar-refractivity contribution in [3.8, 4) is 0 Å². The molecule has 9 amide bonds. The van der Waals surface area contributed by atoms with Crippen LogP contribution in [-0.4, -0.2) is 189 Å². The van der Waals surface area contributed by atoms with Gasteiger partial charge in [0.15, 0.2) is 0 Å². The molecular formula is C45H79N13O14S. The maximum atomic E-state index is 14.1. The van der Waals surface area contributed by atoms with Gasteiger partial charge in [-0.05, 0) is 74.8 Å². The molecule has 1 aromatic heterocycles. The fraction of sp³-hybridized carbons (Fsp3) is 0.711. The summed E-state index contributed by atoms with van der Waals surface area (Å²) < 4.78 is 0. The molecule has 1 heterocycles. The van der Waals surface area contributed by atoms with Gasteiger partial charge in [-0.2, -0.15) is 11.8 Å². The summed E-state index contributed by atoms with van der Waals surface area (Å²) in [6.45, 7) is 7.45. The van der Waals surface area contributed by atoms with Crippen molar-refractivity contribution in [2.24, 2.45) is 29.2 Å². The molecule has 0 radical (unpaired) electrons. The maximum absolute atomic E-state index is 14.1. The van der Waals surface area contributed by atoms with Crippen LogP contribution in [0, 0.1) is 17.8 Å². The minimum absolute atomic E-state index is 0.00815. The van der Waals surface area contributed by atoms with Gasteiger partial charge in [0.1, 0.15) is 54.4 Å². The number of aromatic nitrogens is 2. The number of nitrogens with two attached hydrogens (primary N) is 2. The lowest BCUT2D eigenvalue weighted by Crippen LogP contribution is -2.60. The molecule has 0 saturated heterocycles. The van der Waals surface area contributed by atoms with Crippen LogP contribution in [0.5, 0.6) is 0 Å². The number of H-pyrrole nitrogens is 1. The Labute approximate surface area is 429 Å². The summed E-state index contributed by atoms with van der Waals surface area (Å²) in [4.78, 5) is 139. The first-order valence-electron chi connectivity index (χ1n) is 24.1. The van der Waals surface area contributed by atoms with Crippen molar-refractivity contribution in [2.45, 2.75) is 141 Å². The number of nitrogens with one attached hydrogen (secondary N) is 10. The van der Waals surface area contributed by atoms with E-state index in [1.807, 2.05) is 0 Å². The van der Waals surface area contributed by atoms with Gasteiger partial charge in [-0.3, -0.25) is 43.2 Å². The van der Waals surface area contributed by atoms with Gasteiger partial charge in [-0.15, -0.1) is 0 Å². The van der Waals surface area contributed by atoms with E-state index in [0.717, 1.165) is 0 Å². The predicted octanol–water partition coefficient (Wildman–Crippen LogP) is -5.03. The largest absolute Gasteiger partial charge is 0.480 e. The van der Waals surface area contributed by atoms with Gasteiger partial charge < -0.3 is 84.7 Å². The Morgan fingerprint density at radius 1 is 0.603 bits per heavy atom. The second-order valence-corrected chi connectivity index (χ2v) is 19.5. The zero-order valence-electron chi connectivity index (χ0n) is 42.7. The molecule has 1 rings (SSSR count). The van der Waals surface area contributed by atoms with Crippen molar-refractivity contribution in [3.63, 3.8) is 0 Å². The van der Waals surface area contributed by atoms with Gasteiger partial charge in [0, 0.05) is 18.3 Å². The Kier molecular flexibility index (Phi) is 30.7. The van der Waals surface area contributed by atoms with Crippen molar-refractivity contribution >= 4 is 70.9 Å². The number of hydrogen-bond donors (Lipinski definition) is 16. The summed E-state index contributed by atoms with van der Waals surface area (Å²) in [5.74, 6) is -9.68. The number of thioether (sulfide) groups is 1. The van der Waals surface area contributed by atoms with Gasteiger partial charge in [-0.1, -0.05) is 41.5 Å². The van der Waals surface area contributed by atoms with Crippen LogP contribution in [0.25, 0.3) is 0 Å². The van der Waals surface area contributed by atoms with Crippen LogP contribution in [-0.2, 0) is 54.4 Å². The number of aliphatic carboxylic acids is 1. The summed E-state index contributed by atoms with van der Waals surface area (Å²) in [6.07, 6.45) is 5.59. The molecule has 0 saturated carbocycles. The second kappa shape index (κ2) is 34.5. The maximum Gasteiger partial charge on any atom is 0.326 e. The number of unbranched alkanes of at least 4 members (excludes halogenated alkanes) is 1. The molecule has 0 aliphatic carbocycles. The molecule has 0 fully saturated rings. The van der Waals surface area contributed by atoms with E-state index < -0.39 is 146 Å². The van der Waals surface area contributed by atoms with Gasteiger partial charge in [0.2, 0.25) is 53.2 Å². The number of aliphatic hydroxyl groups excluding tert-OH is 3. The molecule has 73 heavy (non-hydrogen) atoms. The van der Waals surface area contributed by atoms with Crippen LogP contribution >= 0.6 is 11.8 Å². The number of carboxylic acid groups (broad SMARTS) is 1. The highest BCUT2D eigenvalue weighted by molar-refractivity contribution is 7.98. The Morgan fingerprint density at radius 3 is 1.62 bits per heavy atom. The molecule has 9 atom stereocenters. The Hall–Kier alpha value is -5.94. The standard InChI is InChI=1S/C45H79N13O14S/c1-23(2)14-30(51-35(62)18-49-38(64)33(20-60)57-39(65)28(11-13-73-7)52-43(69)34(21-61)56-37(63)27(47)19-59)40(66)55-32(16-26-17-48-22-50-26)41(67)54-31(15-24(3)4)42(68)58-36(25(5)6)44(70)53-29(45(71)72)10-8-9-12-46/h17,22-25,27-34,36,59-61H,8-16,18-21,46-47H2,1-7H3,(H,48,50)(H,49,64)(H,51,62)(H,52,69)(H,53,70)(H,54,67)(H,55,66)(H,56,63)(H,57,65)(H,58,68)(H,71,72)/t27-,28-,29-,30-,31-,32-,33-,34-,36-/m0/s1. The van der Waals surface area contributed by atoms with Crippen LogP contribution in [0.15, 0.2) is 12.5 Å². The van der Waals surface area contributed by atoms with Gasteiger partial charge >= 0.3 is 5.97 Å². The number of carbonyl (C=O) groups is 10. The van der Waals surface area contributed by atoms with Gasteiger partial charge in [-0.25, -0.2) is 9.78 Å². The Morgan fingerprint density at radius 2 is 1.10 bits per heavy atom. The number of aliphatic hydroxyl groups is 3. The van der Waals surface area contributed by atoms with E-state index in [9.17, 15) is 63.3 Å². The minimum Gasteiger partial charge on any atom is -0.480 e. The van der Waals surface area contributed by atoms with E-state index in [1.165, 1.54) is 24.3 Å². The molecular weight excluding hydrogens is 979 g/mol. The lowest BCUT2D eigenvalue weighted by atomic mass is 9.98. The number of carbonyl (C=O) groups excluding carboxylic acids is 9. The summed E-state index contributed by atoms with van der Waals surface area (Å²) in [7, 11) is 0. The van der Waals surface area contributed by atoms with Crippen LogP contribution in [0.3, 0.4) is 0 Å². The van der Waals surface area contributed by atoms with Gasteiger partial charge in [0.25, 0.3) is 0 Å². The second-order valence-electron chi connectivity index (χ2n) is 18.5. The topological polar surface area (TPSA) is 441 Å². The van der Waals surface area contributed by atoms with E-state index in [2.05, 4.69) is 57.8 Å². The molecule has 18 N–H and O–H groups in total. The normalized spacial score (nSPS) is 15.0. The first-order chi connectivity index (χ1) is 34.4. The molecule has 0 unspecified atom stereocenters. The summed E-state index contributed by atoms with van der Waals surface area (Å²) in [5, 5.41) is 60.8. The van der Waals surface area contributed by atoms with Crippen molar-refractivity contribution in [3.05, 3.63) is 18.2 Å². The molecule has 1 aromatic rings. The zero-order chi connectivity index (χ0) is 55.4. The summed E-state index contributed by atoms with van der Waals surface area (Å²) in [6, 6.07) is -12.2. The Balaban J connectivity index is 3.23. The van der Waals surface area contributed by atoms with E-state index in [0.29, 0.717) is 30.8 Å². The van der Waals surface area contributed by atoms with Crippen LogP contribution in [0.2, 0.25) is 0 Å². The van der Waals surface area contributed by atoms with Crippen molar-refractivity contribution < 1.29 is 68.4 Å². The lowest BCUT2D eigenvalue weighted by Gasteiger charge is -2.29. The van der Waals surface area contributed by atoms with E-state index in [4.69, 9.17) is 16.6 Å². The van der Waals surface area contributed by atoms with Crippen LogP contribution < -0.4 is 59.3 Å². The number of hydrogen-bond acceptors (Lipinski definition) is 17. The highest BCUT2D eigenvalue weighted by atomic mass is 32.2. The molecule has 0 aromatic carbocycles. The van der Waals surface area contributed by atoms with Crippen molar-refractivity contribution in [1.82, 2.24) is 57.8 Å². The molecule has 0 aliphatic rings. The third-order valence-electron chi connectivity index (χ3n) is 11.0. The summed E-state index contributed by atoms with van der Waals surface area (Å²) >= 11 is 1.31. The average molecular weight is 1060 g/mol. The Bertz CT molecular complexity index is 1940. The first kappa shape index (κ1) is 65.1. The third kappa shape index (κ3) is 24.6.